The molecule has 1 unspecified atom stereocenters. The van der Waals surface area contributed by atoms with Crippen LogP contribution in [0.3, 0.4) is 0 Å². The van der Waals surface area contributed by atoms with Crippen LogP contribution in [0.5, 0.6) is 17.2 Å². The quantitative estimate of drug-likeness (QED) is 0.377. The van der Waals surface area contributed by atoms with Gasteiger partial charge in [-0.05, 0) is 42.7 Å². The Kier molecular flexibility index (Phi) is 6.20. The van der Waals surface area contributed by atoms with Crippen molar-refractivity contribution < 1.29 is 18.8 Å². The summed E-state index contributed by atoms with van der Waals surface area (Å²) in [5.41, 5.74) is 2.78. The minimum atomic E-state index is -0.0484. The van der Waals surface area contributed by atoms with E-state index in [0.717, 1.165) is 28.7 Å². The largest absolute Gasteiger partial charge is 0.492 e. The van der Waals surface area contributed by atoms with Gasteiger partial charge in [0.2, 0.25) is 11.7 Å². The minimum absolute atomic E-state index is 0.0484. The maximum atomic E-state index is 10.9. The van der Waals surface area contributed by atoms with E-state index in [9.17, 15) is 4.79 Å². The molecule has 0 saturated carbocycles. The van der Waals surface area contributed by atoms with Gasteiger partial charge in [0.1, 0.15) is 36.0 Å². The van der Waals surface area contributed by atoms with E-state index in [1.807, 2.05) is 54.6 Å². The summed E-state index contributed by atoms with van der Waals surface area (Å²) in [7, 11) is 1.80. The Balaban J connectivity index is 1.36. The molecular weight excluding hydrogens is 432 g/mol. The average Bonchev–Trinajstić information content (AvgIpc) is 3.38. The minimum Gasteiger partial charge on any atom is -0.492 e. The number of anilines is 1. The maximum Gasteiger partial charge on any atom is 0.233 e. The van der Waals surface area contributed by atoms with E-state index in [4.69, 9.17) is 14.0 Å². The lowest BCUT2D eigenvalue weighted by molar-refractivity contribution is -0.107. The van der Waals surface area contributed by atoms with Gasteiger partial charge in [-0.2, -0.15) is 4.98 Å². The van der Waals surface area contributed by atoms with Crippen molar-refractivity contribution in [3.05, 3.63) is 77.8 Å². The van der Waals surface area contributed by atoms with Gasteiger partial charge in [0.15, 0.2) is 0 Å². The van der Waals surface area contributed by atoms with E-state index < -0.39 is 0 Å². The molecule has 1 N–H and O–H groups in total. The Labute approximate surface area is 196 Å². The molecule has 1 aliphatic rings. The zero-order chi connectivity index (χ0) is 23.3. The summed E-state index contributed by atoms with van der Waals surface area (Å²) in [5, 5.41) is 7.21. The van der Waals surface area contributed by atoms with E-state index in [-0.39, 0.29) is 5.92 Å². The molecule has 8 heteroatoms. The van der Waals surface area contributed by atoms with Gasteiger partial charge in [0, 0.05) is 30.8 Å². The van der Waals surface area contributed by atoms with Crippen LogP contribution in [0.15, 0.2) is 65.3 Å². The summed E-state index contributed by atoms with van der Waals surface area (Å²) >= 11 is 0. The van der Waals surface area contributed by atoms with Crippen LogP contribution in [-0.2, 0) is 17.6 Å². The van der Waals surface area contributed by atoms with E-state index in [1.54, 1.807) is 13.2 Å². The Bertz CT molecular complexity index is 1290. The van der Waals surface area contributed by atoms with Crippen LogP contribution in [0, 0.1) is 0 Å². The molecule has 0 fully saturated rings. The number of aldehydes is 1. The highest BCUT2D eigenvalue weighted by atomic mass is 16.5. The summed E-state index contributed by atoms with van der Waals surface area (Å²) < 4.78 is 17.8. The molecule has 172 valence electrons. The highest BCUT2D eigenvalue weighted by molar-refractivity contribution is 5.57. The predicted octanol–water partition coefficient (Wildman–Crippen LogP) is 4.82. The fourth-order valence-corrected chi connectivity index (χ4v) is 4.06. The number of rotatable bonds is 8. The first-order chi connectivity index (χ1) is 16.7. The topological polar surface area (TPSA) is 99.4 Å². The summed E-state index contributed by atoms with van der Waals surface area (Å²) in [6.07, 6.45) is 4.21. The number of nitrogens with one attached hydrogen (secondary N) is 1. The van der Waals surface area contributed by atoms with Gasteiger partial charge in [0.25, 0.3) is 0 Å². The molecule has 0 bridgehead atoms. The Hall–Kier alpha value is -4.20. The summed E-state index contributed by atoms with van der Waals surface area (Å²) in [5.74, 6) is 3.94. The number of hydrogen-bond acceptors (Lipinski definition) is 8. The highest BCUT2D eigenvalue weighted by Crippen LogP contribution is 2.37. The monoisotopic (exact) mass is 456 g/mol. The Morgan fingerprint density at radius 2 is 2.06 bits per heavy atom. The molecule has 0 spiro atoms. The third-order valence-corrected chi connectivity index (χ3v) is 5.75. The second-order valence-electron chi connectivity index (χ2n) is 8.00. The summed E-state index contributed by atoms with van der Waals surface area (Å²) in [6, 6.07) is 17.3. The van der Waals surface area contributed by atoms with Gasteiger partial charge >= 0.3 is 0 Å². The molecule has 2 aromatic carbocycles. The lowest BCUT2D eigenvalue weighted by Crippen LogP contribution is -2.19. The summed E-state index contributed by atoms with van der Waals surface area (Å²) in [6.45, 7) is 0.468. The average molecular weight is 457 g/mol. The SMILES string of the molecule is CNc1nccc(Oc2ccc3c(c2)CC(c2nc(-c4ccccc4)no2)CO3)c1CCC=O. The van der Waals surface area contributed by atoms with Gasteiger partial charge in [-0.15, -0.1) is 0 Å². The maximum absolute atomic E-state index is 10.9. The van der Waals surface area contributed by atoms with Crippen LogP contribution in [0.1, 0.15) is 29.4 Å². The van der Waals surface area contributed by atoms with Crippen LogP contribution in [-0.4, -0.2) is 35.1 Å². The van der Waals surface area contributed by atoms with Crippen LogP contribution in [0.4, 0.5) is 5.82 Å². The number of carbonyl (C=O) groups is 1. The molecule has 0 radical (unpaired) electrons. The molecule has 1 atom stereocenters. The van der Waals surface area contributed by atoms with Crippen molar-refractivity contribution in [1.29, 1.82) is 0 Å². The number of aromatic nitrogens is 3. The fourth-order valence-electron chi connectivity index (χ4n) is 4.06. The van der Waals surface area contributed by atoms with Crippen molar-refractivity contribution in [3.63, 3.8) is 0 Å². The van der Waals surface area contributed by atoms with Crippen molar-refractivity contribution in [2.45, 2.75) is 25.2 Å². The second kappa shape index (κ2) is 9.74. The first-order valence-corrected chi connectivity index (χ1v) is 11.2. The molecule has 1 aliphatic heterocycles. The van der Waals surface area contributed by atoms with Gasteiger partial charge in [0.05, 0.1) is 5.92 Å². The molecule has 4 aromatic rings. The first-order valence-electron chi connectivity index (χ1n) is 11.2. The van der Waals surface area contributed by atoms with Crippen molar-refractivity contribution in [2.24, 2.45) is 0 Å². The Morgan fingerprint density at radius 1 is 1.18 bits per heavy atom. The van der Waals surface area contributed by atoms with Crippen LogP contribution in [0.2, 0.25) is 0 Å². The zero-order valence-corrected chi connectivity index (χ0v) is 18.7. The normalized spacial score (nSPS) is 14.7. The summed E-state index contributed by atoms with van der Waals surface area (Å²) in [4.78, 5) is 19.9. The number of pyridine rings is 1. The number of hydrogen-bond donors (Lipinski definition) is 1. The van der Waals surface area contributed by atoms with Gasteiger partial charge in [-0.3, -0.25) is 0 Å². The smallest absolute Gasteiger partial charge is 0.233 e. The predicted molar refractivity (Wildman–Crippen MR) is 126 cm³/mol. The number of benzene rings is 2. The van der Waals surface area contributed by atoms with E-state index >= 15 is 0 Å². The number of nitrogens with zero attached hydrogens (tertiary/aromatic N) is 3. The molecular formula is C26H24N4O4. The van der Waals surface area contributed by atoms with Crippen LogP contribution >= 0.6 is 0 Å². The van der Waals surface area contributed by atoms with Crippen molar-refractivity contribution in [2.75, 3.05) is 19.0 Å². The van der Waals surface area contributed by atoms with Crippen molar-refractivity contribution in [1.82, 2.24) is 15.1 Å². The van der Waals surface area contributed by atoms with Crippen molar-refractivity contribution >= 4 is 12.1 Å². The molecule has 34 heavy (non-hydrogen) atoms. The lowest BCUT2D eigenvalue weighted by Gasteiger charge is -2.23. The van der Waals surface area contributed by atoms with Gasteiger partial charge < -0.3 is 24.1 Å². The van der Waals surface area contributed by atoms with Gasteiger partial charge in [-0.1, -0.05) is 35.5 Å². The number of ether oxygens (including phenoxy) is 2. The first kappa shape index (κ1) is 21.6. The molecule has 8 nitrogen and oxygen atoms in total. The Morgan fingerprint density at radius 3 is 2.88 bits per heavy atom. The van der Waals surface area contributed by atoms with Crippen molar-refractivity contribution in [3.8, 4) is 28.6 Å². The molecule has 3 heterocycles. The number of fused-ring (bicyclic) bond motifs is 1. The van der Waals surface area contributed by atoms with E-state index in [0.29, 0.717) is 54.9 Å². The third-order valence-electron chi connectivity index (χ3n) is 5.75. The number of carbonyl (C=O) groups excluding carboxylic acids is 1. The van der Waals surface area contributed by atoms with Crippen LogP contribution < -0.4 is 14.8 Å². The molecule has 5 rings (SSSR count). The van der Waals surface area contributed by atoms with E-state index in [1.165, 1.54) is 0 Å². The fraction of sp³-hybridized carbons (Fsp3) is 0.231. The molecule has 0 aliphatic carbocycles. The lowest BCUT2D eigenvalue weighted by atomic mass is 9.96. The third kappa shape index (κ3) is 4.47. The second-order valence-corrected chi connectivity index (χ2v) is 8.00. The van der Waals surface area contributed by atoms with E-state index in [2.05, 4.69) is 20.4 Å². The standard InChI is InChI=1S/C26H24N4O4/c1-27-25-21(8-5-13-31)23(11-12-28-25)33-20-9-10-22-18(15-20)14-19(16-32-22)26-29-24(30-34-26)17-6-3-2-4-7-17/h2-4,6-7,9-13,15,19H,5,8,14,16H2,1H3,(H,27,28). The van der Waals surface area contributed by atoms with Gasteiger partial charge in [-0.25, -0.2) is 4.98 Å². The molecule has 0 amide bonds. The van der Waals surface area contributed by atoms with Crippen LogP contribution in [0.25, 0.3) is 11.4 Å². The zero-order valence-electron chi connectivity index (χ0n) is 18.7. The highest BCUT2D eigenvalue weighted by Gasteiger charge is 2.27. The molecule has 2 aromatic heterocycles. The molecule has 0 saturated heterocycles.